The number of anilines is 1. The topological polar surface area (TPSA) is 85.2 Å². The first kappa shape index (κ1) is 22.0. The fourth-order valence-corrected chi connectivity index (χ4v) is 3.90. The third-order valence-corrected chi connectivity index (χ3v) is 5.59. The Kier molecular flexibility index (Phi) is 6.82. The number of ether oxygens (including phenoxy) is 1. The first-order valence-electron chi connectivity index (χ1n) is 11.2. The van der Waals surface area contributed by atoms with E-state index in [1.165, 1.54) is 6.07 Å². The van der Waals surface area contributed by atoms with Crippen molar-refractivity contribution in [3.63, 3.8) is 0 Å². The maximum Gasteiger partial charge on any atom is 0.228 e. The van der Waals surface area contributed by atoms with E-state index in [0.29, 0.717) is 30.0 Å². The molecule has 170 valence electrons. The van der Waals surface area contributed by atoms with Gasteiger partial charge >= 0.3 is 0 Å². The summed E-state index contributed by atoms with van der Waals surface area (Å²) in [6, 6.07) is 4.74. The number of nitrogens with zero attached hydrogens (tertiary/aromatic N) is 5. The number of aromatic nitrogens is 4. The molecule has 32 heavy (non-hydrogen) atoms. The van der Waals surface area contributed by atoms with Gasteiger partial charge in [0.05, 0.1) is 12.9 Å². The van der Waals surface area contributed by atoms with Crippen molar-refractivity contribution in [1.82, 2.24) is 24.8 Å². The van der Waals surface area contributed by atoms with Gasteiger partial charge in [-0.05, 0) is 43.9 Å². The van der Waals surface area contributed by atoms with Crippen LogP contribution in [0, 0.1) is 5.82 Å². The van der Waals surface area contributed by atoms with E-state index in [9.17, 15) is 9.18 Å². The van der Waals surface area contributed by atoms with Crippen molar-refractivity contribution in [2.45, 2.75) is 45.6 Å². The van der Waals surface area contributed by atoms with Gasteiger partial charge in [0.2, 0.25) is 11.9 Å². The van der Waals surface area contributed by atoms with Crippen molar-refractivity contribution in [1.29, 1.82) is 0 Å². The van der Waals surface area contributed by atoms with Crippen LogP contribution >= 0.6 is 0 Å². The van der Waals surface area contributed by atoms with Crippen molar-refractivity contribution < 1.29 is 13.9 Å². The Bertz CT molecular complexity index is 1090. The van der Waals surface area contributed by atoms with Crippen LogP contribution in [0.15, 0.2) is 24.5 Å². The number of hydrogen-bond acceptors (Lipinski definition) is 6. The molecule has 1 amide bonds. The number of aryl methyl sites for hydroxylation is 1. The van der Waals surface area contributed by atoms with Gasteiger partial charge < -0.3 is 19.5 Å². The SMILES string of the molecule is CCCn1cnc2c(-c3ccc(F)c(OCCCC(=O)NC)c3)nc(N3CCCC3)nc21. The summed E-state index contributed by atoms with van der Waals surface area (Å²) in [5.74, 6) is 0.306. The van der Waals surface area contributed by atoms with Crippen molar-refractivity contribution in [2.75, 3.05) is 31.6 Å². The Morgan fingerprint density at radius 1 is 1.25 bits per heavy atom. The van der Waals surface area contributed by atoms with Gasteiger partial charge in [-0.2, -0.15) is 4.98 Å². The molecule has 4 rings (SSSR count). The number of fused-ring (bicyclic) bond motifs is 1. The van der Waals surface area contributed by atoms with Gasteiger partial charge in [-0.3, -0.25) is 4.79 Å². The second-order valence-electron chi connectivity index (χ2n) is 7.95. The maximum absolute atomic E-state index is 14.4. The summed E-state index contributed by atoms with van der Waals surface area (Å²) in [5, 5.41) is 2.57. The highest BCUT2D eigenvalue weighted by Crippen LogP contribution is 2.32. The van der Waals surface area contributed by atoms with E-state index in [2.05, 4.69) is 22.1 Å². The Morgan fingerprint density at radius 3 is 2.81 bits per heavy atom. The molecular weight excluding hydrogens is 411 g/mol. The molecule has 3 heterocycles. The highest BCUT2D eigenvalue weighted by molar-refractivity contribution is 5.88. The van der Waals surface area contributed by atoms with Gasteiger partial charge in [0.15, 0.2) is 17.2 Å². The quantitative estimate of drug-likeness (QED) is 0.512. The molecule has 1 fully saturated rings. The molecule has 0 bridgehead atoms. The predicted molar refractivity (Wildman–Crippen MR) is 121 cm³/mol. The molecule has 0 spiro atoms. The van der Waals surface area contributed by atoms with Crippen molar-refractivity contribution in [3.05, 3.63) is 30.3 Å². The molecule has 1 aliphatic heterocycles. The third-order valence-electron chi connectivity index (χ3n) is 5.59. The zero-order chi connectivity index (χ0) is 22.5. The molecule has 8 nitrogen and oxygen atoms in total. The van der Waals surface area contributed by atoms with Gasteiger partial charge in [-0.15, -0.1) is 0 Å². The molecule has 0 saturated carbocycles. The summed E-state index contributed by atoms with van der Waals surface area (Å²) in [4.78, 5) is 27.8. The van der Waals surface area contributed by atoms with E-state index in [1.54, 1.807) is 25.5 Å². The van der Waals surface area contributed by atoms with E-state index in [4.69, 9.17) is 14.7 Å². The number of nitrogens with one attached hydrogen (secondary N) is 1. The van der Waals surface area contributed by atoms with Gasteiger partial charge in [0.25, 0.3) is 0 Å². The molecule has 3 aromatic rings. The van der Waals surface area contributed by atoms with Crippen LogP contribution in [0.3, 0.4) is 0 Å². The molecule has 9 heteroatoms. The van der Waals surface area contributed by atoms with Gasteiger partial charge in [0.1, 0.15) is 11.2 Å². The second-order valence-corrected chi connectivity index (χ2v) is 7.95. The normalized spacial score (nSPS) is 13.7. The van der Waals surface area contributed by atoms with E-state index in [-0.39, 0.29) is 18.3 Å². The molecule has 1 saturated heterocycles. The molecule has 1 N–H and O–H groups in total. The Morgan fingerprint density at radius 2 is 2.06 bits per heavy atom. The maximum atomic E-state index is 14.4. The number of rotatable bonds is 9. The van der Waals surface area contributed by atoms with Gasteiger partial charge in [0, 0.05) is 38.7 Å². The summed E-state index contributed by atoms with van der Waals surface area (Å²) in [6.45, 7) is 5.03. The summed E-state index contributed by atoms with van der Waals surface area (Å²) >= 11 is 0. The van der Waals surface area contributed by atoms with E-state index >= 15 is 0 Å². The van der Waals surface area contributed by atoms with Crippen molar-refractivity contribution >= 4 is 23.0 Å². The molecule has 1 aliphatic rings. The minimum absolute atomic E-state index is 0.0664. The number of imidazole rings is 1. The van der Waals surface area contributed by atoms with Crippen LogP contribution in [0.25, 0.3) is 22.4 Å². The lowest BCUT2D eigenvalue weighted by molar-refractivity contribution is -0.120. The van der Waals surface area contributed by atoms with Crippen LogP contribution in [-0.2, 0) is 11.3 Å². The van der Waals surface area contributed by atoms with Crippen LogP contribution in [0.1, 0.15) is 39.0 Å². The summed E-state index contributed by atoms with van der Waals surface area (Å²) in [7, 11) is 1.59. The first-order valence-corrected chi connectivity index (χ1v) is 11.2. The lowest BCUT2D eigenvalue weighted by Gasteiger charge is -2.17. The third kappa shape index (κ3) is 4.66. The van der Waals surface area contributed by atoms with Crippen LogP contribution < -0.4 is 15.0 Å². The Balaban J connectivity index is 1.68. The van der Waals surface area contributed by atoms with Crippen molar-refractivity contribution in [3.8, 4) is 17.0 Å². The van der Waals surface area contributed by atoms with E-state index in [0.717, 1.165) is 50.1 Å². The minimum Gasteiger partial charge on any atom is -0.490 e. The van der Waals surface area contributed by atoms with Gasteiger partial charge in [-0.25, -0.2) is 14.4 Å². The lowest BCUT2D eigenvalue weighted by atomic mass is 10.1. The van der Waals surface area contributed by atoms with Crippen LogP contribution in [-0.4, -0.2) is 52.2 Å². The number of halogens is 1. The first-order chi connectivity index (χ1) is 15.6. The Labute approximate surface area is 186 Å². The number of carbonyl (C=O) groups is 1. The molecule has 0 aliphatic carbocycles. The smallest absolute Gasteiger partial charge is 0.228 e. The van der Waals surface area contributed by atoms with E-state index in [1.807, 2.05) is 4.57 Å². The fraction of sp³-hybridized carbons (Fsp3) is 0.478. The number of hydrogen-bond donors (Lipinski definition) is 1. The van der Waals surface area contributed by atoms with Crippen molar-refractivity contribution in [2.24, 2.45) is 0 Å². The summed E-state index contributed by atoms with van der Waals surface area (Å²) in [6.07, 6.45) is 5.83. The second kappa shape index (κ2) is 9.93. The fourth-order valence-electron chi connectivity index (χ4n) is 3.90. The molecule has 0 unspecified atom stereocenters. The lowest BCUT2D eigenvalue weighted by Crippen LogP contribution is -2.21. The number of amides is 1. The molecule has 2 aromatic heterocycles. The Hall–Kier alpha value is -3.23. The minimum atomic E-state index is -0.449. The summed E-state index contributed by atoms with van der Waals surface area (Å²) < 4.78 is 22.1. The average molecular weight is 441 g/mol. The molecule has 1 aromatic carbocycles. The van der Waals surface area contributed by atoms with Crippen LogP contribution in [0.4, 0.5) is 10.3 Å². The predicted octanol–water partition coefficient (Wildman–Crippen LogP) is 3.55. The van der Waals surface area contributed by atoms with Crippen LogP contribution in [0.2, 0.25) is 0 Å². The molecule has 0 radical (unpaired) electrons. The number of carbonyl (C=O) groups excluding carboxylic acids is 1. The zero-order valence-corrected chi connectivity index (χ0v) is 18.6. The monoisotopic (exact) mass is 440 g/mol. The highest BCUT2D eigenvalue weighted by Gasteiger charge is 2.21. The standard InChI is InChI=1S/C23H29FN6O2/c1-3-10-30-15-26-21-20(27-23(28-22(21)30)29-11-4-5-12-29)16-8-9-17(24)18(14-16)32-13-6-7-19(31)25-2/h8-9,14-15H,3-7,10-13H2,1-2H3,(H,25,31). The zero-order valence-electron chi connectivity index (χ0n) is 18.6. The van der Waals surface area contributed by atoms with Gasteiger partial charge in [-0.1, -0.05) is 6.92 Å². The van der Waals surface area contributed by atoms with E-state index < -0.39 is 5.82 Å². The highest BCUT2D eigenvalue weighted by atomic mass is 19.1. The average Bonchev–Trinajstić information content (AvgIpc) is 3.48. The molecule has 0 atom stereocenters. The summed E-state index contributed by atoms with van der Waals surface area (Å²) in [5.41, 5.74) is 2.87. The molecular formula is C23H29FN6O2. The number of benzene rings is 1. The van der Waals surface area contributed by atoms with Crippen LogP contribution in [0.5, 0.6) is 5.75 Å². The largest absolute Gasteiger partial charge is 0.490 e.